The summed E-state index contributed by atoms with van der Waals surface area (Å²) >= 11 is 0. The summed E-state index contributed by atoms with van der Waals surface area (Å²) in [5, 5.41) is 0. The third-order valence-corrected chi connectivity index (χ3v) is 5.43. The Kier molecular flexibility index (Phi) is 5.74. The third-order valence-electron chi connectivity index (χ3n) is 5.43. The van der Waals surface area contributed by atoms with Crippen molar-refractivity contribution in [3.05, 3.63) is 47.7 Å². The van der Waals surface area contributed by atoms with Gasteiger partial charge in [-0.2, -0.15) is 0 Å². The van der Waals surface area contributed by atoms with Crippen molar-refractivity contribution in [2.45, 2.75) is 19.1 Å². The van der Waals surface area contributed by atoms with Gasteiger partial charge in [0.05, 0.1) is 45.5 Å². The molecule has 0 radical (unpaired) electrons. The van der Waals surface area contributed by atoms with Crippen molar-refractivity contribution in [3.63, 3.8) is 0 Å². The van der Waals surface area contributed by atoms with Crippen LogP contribution in [-0.2, 0) is 20.7 Å². The highest BCUT2D eigenvalue weighted by atomic mass is 16.7. The standard InChI is InChI=1S/C21H25N3O6/c1-15-19(28-14-22-15)20(26)24-8-10-30-21(13-24)12-23(7-9-29-21)18(25)11-16-5-3-4-6-17(16)27-2/h3-6,14H,7-13H2,1-2H3. The highest BCUT2D eigenvalue weighted by Crippen LogP contribution is 2.27. The Labute approximate surface area is 174 Å². The maximum absolute atomic E-state index is 13.0. The first kappa shape index (κ1) is 20.4. The molecule has 2 aliphatic rings. The molecule has 2 aromatic rings. The van der Waals surface area contributed by atoms with Gasteiger partial charge in [0.2, 0.25) is 17.5 Å². The number of aromatic nitrogens is 1. The van der Waals surface area contributed by atoms with Crippen molar-refractivity contribution in [3.8, 4) is 5.75 Å². The lowest BCUT2D eigenvalue weighted by Gasteiger charge is -2.47. The molecule has 0 bridgehead atoms. The van der Waals surface area contributed by atoms with Gasteiger partial charge in [0.25, 0.3) is 5.91 Å². The van der Waals surface area contributed by atoms with Crippen molar-refractivity contribution in [2.75, 3.05) is 46.5 Å². The Hall–Kier alpha value is -2.91. The van der Waals surface area contributed by atoms with Gasteiger partial charge in [0.1, 0.15) is 5.75 Å². The second-order valence-electron chi connectivity index (χ2n) is 7.41. The van der Waals surface area contributed by atoms with Gasteiger partial charge in [-0.25, -0.2) is 4.98 Å². The molecule has 2 amide bonds. The number of hydrogen-bond donors (Lipinski definition) is 0. The van der Waals surface area contributed by atoms with E-state index in [4.69, 9.17) is 18.6 Å². The molecule has 3 heterocycles. The number of oxazole rings is 1. The summed E-state index contributed by atoms with van der Waals surface area (Å²) < 4.78 is 22.5. The van der Waals surface area contributed by atoms with Gasteiger partial charge in [-0.15, -0.1) is 0 Å². The molecule has 1 aromatic heterocycles. The lowest BCUT2D eigenvalue weighted by atomic mass is 10.1. The molecule has 9 nitrogen and oxygen atoms in total. The van der Waals surface area contributed by atoms with Crippen molar-refractivity contribution in [1.29, 1.82) is 0 Å². The fourth-order valence-corrected chi connectivity index (χ4v) is 3.86. The molecular weight excluding hydrogens is 390 g/mol. The first-order valence-electron chi connectivity index (χ1n) is 9.88. The number of methoxy groups -OCH3 is 1. The van der Waals surface area contributed by atoms with E-state index in [2.05, 4.69) is 4.98 Å². The van der Waals surface area contributed by atoms with E-state index in [0.29, 0.717) is 37.7 Å². The van der Waals surface area contributed by atoms with Crippen molar-refractivity contribution >= 4 is 11.8 Å². The Balaban J connectivity index is 1.45. The molecule has 0 N–H and O–H groups in total. The van der Waals surface area contributed by atoms with E-state index in [1.165, 1.54) is 6.39 Å². The minimum absolute atomic E-state index is 0.0414. The second kappa shape index (κ2) is 8.45. The maximum atomic E-state index is 13.0. The highest BCUT2D eigenvalue weighted by Gasteiger charge is 2.45. The minimum atomic E-state index is -1.05. The van der Waals surface area contributed by atoms with Crippen LogP contribution in [0.4, 0.5) is 0 Å². The van der Waals surface area contributed by atoms with Crippen molar-refractivity contribution in [2.24, 2.45) is 0 Å². The van der Waals surface area contributed by atoms with Gasteiger partial charge in [-0.3, -0.25) is 9.59 Å². The number of amides is 2. The van der Waals surface area contributed by atoms with E-state index < -0.39 is 5.79 Å². The summed E-state index contributed by atoms with van der Waals surface area (Å²) in [6, 6.07) is 7.46. The number of aryl methyl sites for hydroxylation is 1. The summed E-state index contributed by atoms with van der Waals surface area (Å²) in [6.07, 6.45) is 1.48. The SMILES string of the molecule is COc1ccccc1CC(=O)N1CCOC2(C1)CN(C(=O)c1ocnc1C)CCO2. The van der Waals surface area contributed by atoms with Crippen molar-refractivity contribution in [1.82, 2.24) is 14.8 Å². The number of hydrogen-bond acceptors (Lipinski definition) is 7. The summed E-state index contributed by atoms with van der Waals surface area (Å²) in [4.78, 5) is 33.1. The molecule has 1 atom stereocenters. The van der Waals surface area contributed by atoms with E-state index >= 15 is 0 Å². The average molecular weight is 415 g/mol. The largest absolute Gasteiger partial charge is 0.496 e. The van der Waals surface area contributed by atoms with Crippen LogP contribution in [0, 0.1) is 6.92 Å². The molecule has 0 saturated carbocycles. The number of carbonyl (C=O) groups is 2. The predicted octanol–water partition coefficient (Wildman–Crippen LogP) is 1.26. The van der Waals surface area contributed by atoms with Gasteiger partial charge in [-0.1, -0.05) is 18.2 Å². The number of para-hydroxylation sites is 1. The summed E-state index contributed by atoms with van der Waals surface area (Å²) in [5.74, 6) is -0.445. The smallest absolute Gasteiger partial charge is 0.291 e. The first-order chi connectivity index (χ1) is 14.5. The summed E-state index contributed by atoms with van der Waals surface area (Å²) in [6.45, 7) is 3.72. The van der Waals surface area contributed by atoms with Crippen LogP contribution in [-0.4, -0.2) is 78.9 Å². The molecule has 1 spiro atoms. The number of carbonyl (C=O) groups excluding carboxylic acids is 2. The first-order valence-corrected chi connectivity index (χ1v) is 9.88. The number of nitrogens with zero attached hydrogens (tertiary/aromatic N) is 3. The van der Waals surface area contributed by atoms with Gasteiger partial charge in [-0.05, 0) is 13.0 Å². The van der Waals surface area contributed by atoms with Crippen molar-refractivity contribution < 1.29 is 28.2 Å². The average Bonchev–Trinajstić information content (AvgIpc) is 3.19. The van der Waals surface area contributed by atoms with Crippen LogP contribution in [0.3, 0.4) is 0 Å². The molecule has 1 aromatic carbocycles. The fraction of sp³-hybridized carbons (Fsp3) is 0.476. The topological polar surface area (TPSA) is 94.3 Å². The predicted molar refractivity (Wildman–Crippen MR) is 105 cm³/mol. The molecule has 160 valence electrons. The maximum Gasteiger partial charge on any atom is 0.291 e. The van der Waals surface area contributed by atoms with Gasteiger partial charge in [0, 0.05) is 18.7 Å². The lowest BCUT2D eigenvalue weighted by Crippen LogP contribution is -2.63. The second-order valence-corrected chi connectivity index (χ2v) is 7.41. The quantitative estimate of drug-likeness (QED) is 0.742. The molecular formula is C21H25N3O6. The lowest BCUT2D eigenvalue weighted by molar-refractivity contribution is -0.284. The van der Waals surface area contributed by atoms with Crippen LogP contribution in [0.25, 0.3) is 0 Å². The summed E-state index contributed by atoms with van der Waals surface area (Å²) in [5.41, 5.74) is 1.37. The Morgan fingerprint density at radius 3 is 2.53 bits per heavy atom. The van der Waals surface area contributed by atoms with Crippen LogP contribution >= 0.6 is 0 Å². The molecule has 1 unspecified atom stereocenters. The molecule has 2 saturated heterocycles. The van der Waals surface area contributed by atoms with E-state index in [-0.39, 0.29) is 37.1 Å². The molecule has 4 rings (SSSR count). The minimum Gasteiger partial charge on any atom is -0.496 e. The van der Waals surface area contributed by atoms with Crippen LogP contribution in [0.1, 0.15) is 21.8 Å². The van der Waals surface area contributed by atoms with Crippen LogP contribution in [0.15, 0.2) is 35.1 Å². The molecule has 2 aliphatic heterocycles. The Morgan fingerprint density at radius 2 is 1.83 bits per heavy atom. The number of rotatable bonds is 4. The van der Waals surface area contributed by atoms with Gasteiger partial charge < -0.3 is 28.4 Å². The third kappa shape index (κ3) is 4.03. The number of ether oxygens (including phenoxy) is 3. The molecule has 0 aliphatic carbocycles. The Bertz CT molecular complexity index is 925. The molecule has 30 heavy (non-hydrogen) atoms. The van der Waals surface area contributed by atoms with E-state index in [1.54, 1.807) is 23.8 Å². The molecule has 2 fully saturated rings. The monoisotopic (exact) mass is 415 g/mol. The van der Waals surface area contributed by atoms with Gasteiger partial charge >= 0.3 is 0 Å². The Morgan fingerprint density at radius 1 is 1.13 bits per heavy atom. The molecule has 9 heteroatoms. The zero-order valence-electron chi connectivity index (χ0n) is 17.1. The number of benzene rings is 1. The van der Waals surface area contributed by atoms with E-state index in [9.17, 15) is 9.59 Å². The van der Waals surface area contributed by atoms with E-state index in [0.717, 1.165) is 5.56 Å². The highest BCUT2D eigenvalue weighted by molar-refractivity contribution is 5.92. The zero-order valence-corrected chi connectivity index (χ0v) is 17.1. The van der Waals surface area contributed by atoms with Gasteiger partial charge in [0.15, 0.2) is 6.39 Å². The fourth-order valence-electron chi connectivity index (χ4n) is 3.86. The van der Waals surface area contributed by atoms with E-state index in [1.807, 2.05) is 24.3 Å². The zero-order chi connectivity index (χ0) is 21.1. The van der Waals surface area contributed by atoms with Crippen LogP contribution in [0.2, 0.25) is 0 Å². The number of morpholine rings is 2. The normalized spacial score (nSPS) is 21.7. The van der Waals surface area contributed by atoms with Crippen LogP contribution in [0.5, 0.6) is 5.75 Å². The summed E-state index contributed by atoms with van der Waals surface area (Å²) in [7, 11) is 1.59. The van der Waals surface area contributed by atoms with Crippen LogP contribution < -0.4 is 4.74 Å².